The number of halogens is 2. The van der Waals surface area contributed by atoms with Crippen molar-refractivity contribution in [3.05, 3.63) is 46.9 Å². The van der Waals surface area contributed by atoms with Crippen LogP contribution in [0, 0.1) is 11.7 Å². The van der Waals surface area contributed by atoms with Gasteiger partial charge in [0.25, 0.3) is 5.91 Å². The van der Waals surface area contributed by atoms with Gasteiger partial charge in [-0.1, -0.05) is 19.9 Å². The van der Waals surface area contributed by atoms with Crippen LogP contribution in [0.15, 0.2) is 24.3 Å². The Morgan fingerprint density at radius 1 is 1.21 bits per heavy atom. The molecule has 3 fully saturated rings. The van der Waals surface area contributed by atoms with E-state index in [1.165, 1.54) is 12.1 Å². The predicted molar refractivity (Wildman–Crippen MR) is 158 cm³/mol. The smallest absolute Gasteiger partial charge is 0.318 e. The number of fused-ring (bicyclic) bond motifs is 3. The average molecular weight is 594 g/mol. The highest BCUT2D eigenvalue weighted by atomic mass is 19.1. The summed E-state index contributed by atoms with van der Waals surface area (Å²) in [6.07, 6.45) is 1.83. The van der Waals surface area contributed by atoms with E-state index < -0.39 is 6.17 Å². The van der Waals surface area contributed by atoms with Crippen molar-refractivity contribution in [1.82, 2.24) is 14.9 Å². The van der Waals surface area contributed by atoms with Crippen LogP contribution in [0.3, 0.4) is 0 Å². The summed E-state index contributed by atoms with van der Waals surface area (Å²) < 4.78 is 41.4. The van der Waals surface area contributed by atoms with Crippen molar-refractivity contribution in [2.24, 2.45) is 5.92 Å². The van der Waals surface area contributed by atoms with Crippen molar-refractivity contribution >= 4 is 28.2 Å². The summed E-state index contributed by atoms with van der Waals surface area (Å²) in [5.74, 6) is -0.00230. The quantitative estimate of drug-likeness (QED) is 0.443. The zero-order valence-electron chi connectivity index (χ0n) is 24.6. The van der Waals surface area contributed by atoms with Crippen LogP contribution in [0.1, 0.15) is 54.7 Å². The van der Waals surface area contributed by atoms with E-state index in [0.29, 0.717) is 84.8 Å². The number of amides is 1. The first-order chi connectivity index (χ1) is 20.8. The minimum absolute atomic E-state index is 0.0168. The fourth-order valence-electron chi connectivity index (χ4n) is 7.50. The van der Waals surface area contributed by atoms with Crippen molar-refractivity contribution in [2.75, 3.05) is 55.8 Å². The molecule has 0 aliphatic carbocycles. The molecule has 0 spiro atoms. The van der Waals surface area contributed by atoms with Gasteiger partial charge in [-0.05, 0) is 54.8 Å². The second-order valence-corrected chi connectivity index (χ2v) is 12.5. The van der Waals surface area contributed by atoms with E-state index in [0.717, 1.165) is 19.4 Å². The zero-order valence-corrected chi connectivity index (χ0v) is 24.6. The Kier molecular flexibility index (Phi) is 7.12. The van der Waals surface area contributed by atoms with Gasteiger partial charge in [0.1, 0.15) is 35.7 Å². The topological polar surface area (TPSA) is 91.3 Å². The number of carbonyl (C=O) groups excluding carboxylic acids is 1. The van der Waals surface area contributed by atoms with Gasteiger partial charge < -0.3 is 24.4 Å². The van der Waals surface area contributed by atoms with Gasteiger partial charge in [-0.15, -0.1) is 0 Å². The van der Waals surface area contributed by atoms with E-state index in [2.05, 4.69) is 16.7 Å². The Balaban J connectivity index is 1.30. The van der Waals surface area contributed by atoms with E-state index in [1.807, 2.05) is 6.92 Å². The van der Waals surface area contributed by atoms with E-state index in [-0.39, 0.29) is 48.1 Å². The zero-order chi connectivity index (χ0) is 29.9. The first kappa shape index (κ1) is 28.2. The molecule has 228 valence electrons. The molecule has 11 heteroatoms. The monoisotopic (exact) mass is 593 g/mol. The summed E-state index contributed by atoms with van der Waals surface area (Å²) in [5, 5.41) is 11.8. The maximum atomic E-state index is 15.0. The van der Waals surface area contributed by atoms with Crippen LogP contribution >= 0.6 is 0 Å². The van der Waals surface area contributed by atoms with Crippen molar-refractivity contribution in [2.45, 2.75) is 57.8 Å². The van der Waals surface area contributed by atoms with Crippen molar-refractivity contribution in [1.29, 1.82) is 0 Å². The minimum atomic E-state index is -0.875. The van der Waals surface area contributed by atoms with Gasteiger partial charge in [0.15, 0.2) is 0 Å². The number of rotatable bonds is 6. The van der Waals surface area contributed by atoms with E-state index in [9.17, 15) is 18.7 Å². The molecule has 1 N–H and O–H groups in total. The molecule has 3 aromatic rings. The normalized spacial score (nSPS) is 25.8. The number of aromatic hydroxyl groups is 1. The number of anilines is 2. The maximum Gasteiger partial charge on any atom is 0.318 e. The molecular weight excluding hydrogens is 556 g/mol. The minimum Gasteiger partial charge on any atom is -0.508 e. The number of hydrogen-bond donors (Lipinski definition) is 1. The van der Waals surface area contributed by atoms with E-state index >= 15 is 0 Å². The highest BCUT2D eigenvalue weighted by Crippen LogP contribution is 2.43. The number of carbonyl (C=O) groups is 1. The number of hydrogen-bond acceptors (Lipinski definition) is 8. The van der Waals surface area contributed by atoms with Gasteiger partial charge in [-0.3, -0.25) is 9.69 Å². The largest absolute Gasteiger partial charge is 0.508 e. The molecular formula is C32H37F2N5O4. The van der Waals surface area contributed by atoms with Gasteiger partial charge in [0.05, 0.1) is 36.7 Å². The number of phenolic OH excluding ortho intramolecular Hbond substituents is 1. The van der Waals surface area contributed by atoms with E-state index in [1.54, 1.807) is 17.0 Å². The first-order valence-corrected chi connectivity index (χ1v) is 15.3. The second-order valence-electron chi connectivity index (χ2n) is 12.5. The molecule has 0 saturated carbocycles. The van der Waals surface area contributed by atoms with Crippen LogP contribution in [0.2, 0.25) is 0 Å². The standard InChI is InChI=1S/C32H37F2N5O4/c1-3-23-24(34)6-5-20-11-22(40)12-26(27(20)23)39-16-25-28(30(39)41)29(37-9-10-42-17-19(2)14-37)36-31(35-25)43-18-32-7-4-8-38(32)15-21(33)13-32/h5-6,11-12,19,21,40H,3-4,7-10,13-18H2,1-2H3/t19?,21-,32+/m1/s1. The molecule has 1 unspecified atom stereocenters. The van der Waals surface area contributed by atoms with Crippen LogP contribution in [-0.2, 0) is 17.7 Å². The summed E-state index contributed by atoms with van der Waals surface area (Å²) in [7, 11) is 0. The Hall–Kier alpha value is -3.57. The SMILES string of the molecule is CCc1c(F)ccc2cc(O)cc(N3Cc4nc(OC[C@@]56CCCN5C[C@H](F)C6)nc(N5CCOCC(C)C5)c4C3=O)c12. The first-order valence-electron chi connectivity index (χ1n) is 15.3. The van der Waals surface area contributed by atoms with Gasteiger partial charge in [-0.25, -0.2) is 8.78 Å². The number of aromatic nitrogens is 2. The molecule has 0 radical (unpaired) electrons. The van der Waals surface area contributed by atoms with Gasteiger partial charge >= 0.3 is 6.01 Å². The number of nitrogens with zero attached hydrogens (tertiary/aromatic N) is 5. The number of aryl methyl sites for hydroxylation is 1. The lowest BCUT2D eigenvalue weighted by Crippen LogP contribution is -2.43. The van der Waals surface area contributed by atoms with Gasteiger partial charge in [0.2, 0.25) is 0 Å². The third-order valence-electron chi connectivity index (χ3n) is 9.46. The summed E-state index contributed by atoms with van der Waals surface area (Å²) >= 11 is 0. The van der Waals surface area contributed by atoms with Crippen LogP contribution in [0.25, 0.3) is 10.8 Å². The fourth-order valence-corrected chi connectivity index (χ4v) is 7.50. The van der Waals surface area contributed by atoms with Crippen LogP contribution in [0.4, 0.5) is 20.3 Å². The molecule has 9 nitrogen and oxygen atoms in total. The fraction of sp³-hybridized carbons (Fsp3) is 0.531. The third kappa shape index (κ3) is 4.86. The number of benzene rings is 2. The Labute approximate surface area is 249 Å². The molecule has 43 heavy (non-hydrogen) atoms. The molecule has 7 rings (SSSR count). The van der Waals surface area contributed by atoms with E-state index in [4.69, 9.17) is 19.4 Å². The Morgan fingerprint density at radius 3 is 2.91 bits per heavy atom. The lowest BCUT2D eigenvalue weighted by molar-refractivity contribution is 0.0996. The molecule has 3 atom stereocenters. The van der Waals surface area contributed by atoms with Crippen molar-refractivity contribution in [3.8, 4) is 11.8 Å². The lowest BCUT2D eigenvalue weighted by atomic mass is 9.95. The molecule has 2 aromatic carbocycles. The van der Waals surface area contributed by atoms with Gasteiger partial charge in [-0.2, -0.15) is 9.97 Å². The third-order valence-corrected chi connectivity index (χ3v) is 9.46. The number of alkyl halides is 1. The predicted octanol–water partition coefficient (Wildman–Crippen LogP) is 4.63. The number of ether oxygens (including phenoxy) is 2. The molecule has 0 bridgehead atoms. The number of phenols is 1. The Bertz CT molecular complexity index is 1590. The van der Waals surface area contributed by atoms with Crippen LogP contribution in [0.5, 0.6) is 11.8 Å². The maximum absolute atomic E-state index is 15.0. The van der Waals surface area contributed by atoms with Crippen LogP contribution < -0.4 is 14.5 Å². The molecule has 1 amide bonds. The summed E-state index contributed by atoms with van der Waals surface area (Å²) in [6.45, 7) is 7.90. The summed E-state index contributed by atoms with van der Waals surface area (Å²) in [5.41, 5.74) is 1.42. The molecule has 4 aliphatic rings. The molecule has 4 aliphatic heterocycles. The lowest BCUT2D eigenvalue weighted by Gasteiger charge is -2.31. The highest BCUT2D eigenvalue weighted by Gasteiger charge is 2.49. The van der Waals surface area contributed by atoms with Crippen molar-refractivity contribution < 1.29 is 28.2 Å². The molecule has 5 heterocycles. The molecule has 1 aromatic heterocycles. The second kappa shape index (κ2) is 10.9. The average Bonchev–Trinajstić information content (AvgIpc) is 3.55. The van der Waals surface area contributed by atoms with Crippen molar-refractivity contribution in [3.63, 3.8) is 0 Å². The summed E-state index contributed by atoms with van der Waals surface area (Å²) in [4.78, 5) is 29.6. The highest BCUT2D eigenvalue weighted by molar-refractivity contribution is 6.16. The van der Waals surface area contributed by atoms with Gasteiger partial charge in [0, 0.05) is 37.5 Å². The van der Waals surface area contributed by atoms with Crippen LogP contribution in [-0.4, -0.2) is 83.6 Å². The molecule has 3 saturated heterocycles. The Morgan fingerprint density at radius 2 is 2.07 bits per heavy atom. The summed E-state index contributed by atoms with van der Waals surface area (Å²) in [6, 6.07) is 6.26.